The lowest BCUT2D eigenvalue weighted by Crippen LogP contribution is -2.50. The van der Waals surface area contributed by atoms with Crippen molar-refractivity contribution >= 4 is 0 Å². The Morgan fingerprint density at radius 3 is 2.59 bits per heavy atom. The van der Waals surface area contributed by atoms with E-state index in [4.69, 9.17) is 0 Å². The molecule has 0 amide bonds. The van der Waals surface area contributed by atoms with Crippen LogP contribution in [0.3, 0.4) is 0 Å². The van der Waals surface area contributed by atoms with E-state index in [1.54, 1.807) is 0 Å². The number of fused-ring (bicyclic) bond motifs is 3. The summed E-state index contributed by atoms with van der Waals surface area (Å²) < 4.78 is 0. The van der Waals surface area contributed by atoms with Gasteiger partial charge in [0, 0.05) is 5.41 Å². The Labute approximate surface area is 104 Å². The topological polar surface area (TPSA) is 40.5 Å². The highest BCUT2D eigenvalue weighted by Gasteiger charge is 2.69. The number of aliphatic hydroxyl groups is 2. The summed E-state index contributed by atoms with van der Waals surface area (Å²) in [6, 6.07) is 0. The second-order valence-electron chi connectivity index (χ2n) is 7.12. The molecule has 3 aliphatic rings. The molecule has 0 spiro atoms. The first-order valence-electron chi connectivity index (χ1n) is 6.91. The third kappa shape index (κ3) is 1.34. The molecule has 3 aliphatic carbocycles. The fraction of sp³-hybridized carbons (Fsp3) is 0.867. The van der Waals surface area contributed by atoms with Gasteiger partial charge in [0.15, 0.2) is 0 Å². The van der Waals surface area contributed by atoms with Gasteiger partial charge in [0.1, 0.15) is 0 Å². The van der Waals surface area contributed by atoms with Crippen molar-refractivity contribution in [1.29, 1.82) is 0 Å². The maximum Gasteiger partial charge on any atom is 0.0861 e. The molecule has 3 rings (SSSR count). The molecule has 0 saturated heterocycles. The number of rotatable bonds is 1. The van der Waals surface area contributed by atoms with E-state index in [9.17, 15) is 10.2 Å². The van der Waals surface area contributed by atoms with Crippen molar-refractivity contribution in [2.45, 2.75) is 45.8 Å². The molecule has 2 N–H and O–H groups in total. The molecule has 0 bridgehead atoms. The zero-order chi connectivity index (χ0) is 12.5. The normalized spacial score (nSPS) is 56.9. The third-order valence-electron chi connectivity index (χ3n) is 5.78. The highest BCUT2D eigenvalue weighted by molar-refractivity contribution is 5.27. The highest BCUT2D eigenvalue weighted by Crippen LogP contribution is 2.73. The van der Waals surface area contributed by atoms with Crippen molar-refractivity contribution in [3.8, 4) is 0 Å². The molecular weight excluding hydrogens is 212 g/mol. The number of aliphatic hydroxyl groups excluding tert-OH is 2. The van der Waals surface area contributed by atoms with E-state index < -0.39 is 12.2 Å². The Morgan fingerprint density at radius 2 is 2.00 bits per heavy atom. The fourth-order valence-electron chi connectivity index (χ4n) is 5.17. The third-order valence-corrected chi connectivity index (χ3v) is 5.78. The van der Waals surface area contributed by atoms with Gasteiger partial charge in [-0.3, -0.25) is 0 Å². The minimum atomic E-state index is -0.598. The molecule has 3 saturated carbocycles. The molecule has 0 radical (unpaired) electrons. The Hall–Kier alpha value is -0.340. The lowest BCUT2D eigenvalue weighted by molar-refractivity contribution is -0.0972. The van der Waals surface area contributed by atoms with Gasteiger partial charge in [-0.15, -0.1) is 0 Å². The summed E-state index contributed by atoms with van der Waals surface area (Å²) in [5.74, 6) is 3.51. The van der Waals surface area contributed by atoms with Crippen molar-refractivity contribution in [3.05, 3.63) is 12.2 Å². The van der Waals surface area contributed by atoms with Gasteiger partial charge >= 0.3 is 0 Å². The van der Waals surface area contributed by atoms with Gasteiger partial charge in [-0.25, -0.2) is 0 Å². The van der Waals surface area contributed by atoms with Crippen molar-refractivity contribution in [1.82, 2.24) is 0 Å². The molecular formula is C15H24O2. The van der Waals surface area contributed by atoms with E-state index in [1.165, 1.54) is 5.57 Å². The zero-order valence-corrected chi connectivity index (χ0v) is 11.1. The van der Waals surface area contributed by atoms with E-state index in [0.29, 0.717) is 12.3 Å². The molecule has 17 heavy (non-hydrogen) atoms. The second-order valence-corrected chi connectivity index (χ2v) is 7.12. The largest absolute Gasteiger partial charge is 0.390 e. The lowest BCUT2D eigenvalue weighted by atomic mass is 9.61. The van der Waals surface area contributed by atoms with Crippen LogP contribution in [0.2, 0.25) is 0 Å². The van der Waals surface area contributed by atoms with Crippen LogP contribution in [-0.2, 0) is 0 Å². The number of hydrogen-bond donors (Lipinski definition) is 2. The van der Waals surface area contributed by atoms with Gasteiger partial charge in [0.25, 0.3) is 0 Å². The predicted molar refractivity (Wildman–Crippen MR) is 67.3 cm³/mol. The first-order chi connectivity index (χ1) is 7.88. The van der Waals surface area contributed by atoms with Crippen molar-refractivity contribution in [2.75, 3.05) is 0 Å². The van der Waals surface area contributed by atoms with E-state index in [0.717, 1.165) is 30.1 Å². The Morgan fingerprint density at radius 1 is 1.35 bits per heavy atom. The van der Waals surface area contributed by atoms with E-state index in [2.05, 4.69) is 27.4 Å². The molecule has 96 valence electrons. The highest BCUT2D eigenvalue weighted by atomic mass is 16.3. The van der Waals surface area contributed by atoms with Crippen LogP contribution in [0.4, 0.5) is 0 Å². The van der Waals surface area contributed by atoms with Gasteiger partial charge in [-0.2, -0.15) is 0 Å². The van der Waals surface area contributed by atoms with Crippen LogP contribution in [0.15, 0.2) is 12.2 Å². The van der Waals surface area contributed by atoms with Crippen molar-refractivity contribution < 1.29 is 10.2 Å². The van der Waals surface area contributed by atoms with Crippen LogP contribution in [0.25, 0.3) is 0 Å². The van der Waals surface area contributed by atoms with Crippen LogP contribution in [0.1, 0.15) is 33.6 Å². The van der Waals surface area contributed by atoms with Gasteiger partial charge in [0.2, 0.25) is 0 Å². The summed E-state index contributed by atoms with van der Waals surface area (Å²) in [6.45, 7) is 10.9. The zero-order valence-electron chi connectivity index (χ0n) is 11.1. The van der Waals surface area contributed by atoms with Crippen LogP contribution < -0.4 is 0 Å². The first kappa shape index (κ1) is 11.7. The number of hydrogen-bond acceptors (Lipinski definition) is 2. The summed E-state index contributed by atoms with van der Waals surface area (Å²) >= 11 is 0. The molecule has 0 aromatic heterocycles. The molecule has 7 atom stereocenters. The Bertz CT molecular complexity index is 362. The SMILES string of the molecule is C=C1C[C@@H](O)[C@@H](O)[C@@]2(C)C[C@@H]3[C@@H](C(C)C)[C@@H]3[C@@H]12. The minimum absolute atomic E-state index is 0.116. The molecule has 0 heterocycles. The van der Waals surface area contributed by atoms with Crippen LogP contribution in [0.5, 0.6) is 0 Å². The molecule has 0 aromatic rings. The van der Waals surface area contributed by atoms with Crippen molar-refractivity contribution in [2.24, 2.45) is 35.0 Å². The summed E-state index contributed by atoms with van der Waals surface area (Å²) in [5.41, 5.74) is 1.07. The Balaban J connectivity index is 1.90. The quantitative estimate of drug-likeness (QED) is 0.685. The van der Waals surface area contributed by atoms with Gasteiger partial charge in [-0.05, 0) is 42.4 Å². The molecule has 0 aromatic carbocycles. The molecule has 2 heteroatoms. The van der Waals surface area contributed by atoms with Crippen molar-refractivity contribution in [3.63, 3.8) is 0 Å². The second kappa shape index (κ2) is 3.36. The minimum Gasteiger partial charge on any atom is -0.390 e. The molecule has 0 unspecified atom stereocenters. The standard InChI is InChI=1S/C15H24O2/c1-7(2)11-9-6-15(4)13(12(9)11)8(3)5-10(16)14(15)17/h7,9-14,16-17H,3,5-6H2,1-2,4H3/t9-,10-,11-,12-,13-,14-,15+/m1/s1. The fourth-order valence-corrected chi connectivity index (χ4v) is 5.17. The molecule has 2 nitrogen and oxygen atoms in total. The van der Waals surface area contributed by atoms with Gasteiger partial charge in [0.05, 0.1) is 12.2 Å². The summed E-state index contributed by atoms with van der Waals surface area (Å²) in [4.78, 5) is 0. The first-order valence-corrected chi connectivity index (χ1v) is 6.91. The van der Waals surface area contributed by atoms with Gasteiger partial charge < -0.3 is 10.2 Å². The average Bonchev–Trinajstić information content (AvgIpc) is 2.80. The van der Waals surface area contributed by atoms with Crippen LogP contribution in [-0.4, -0.2) is 22.4 Å². The predicted octanol–water partition coefficient (Wildman–Crippen LogP) is 2.21. The summed E-state index contributed by atoms with van der Waals surface area (Å²) in [6.07, 6.45) is 0.509. The maximum atomic E-state index is 10.3. The van der Waals surface area contributed by atoms with E-state index in [1.807, 2.05) is 0 Å². The molecule has 3 fully saturated rings. The average molecular weight is 236 g/mol. The summed E-state index contributed by atoms with van der Waals surface area (Å²) in [5, 5.41) is 20.2. The van der Waals surface area contributed by atoms with Crippen LogP contribution >= 0.6 is 0 Å². The smallest absolute Gasteiger partial charge is 0.0861 e. The van der Waals surface area contributed by atoms with E-state index >= 15 is 0 Å². The molecule has 0 aliphatic heterocycles. The van der Waals surface area contributed by atoms with Gasteiger partial charge in [-0.1, -0.05) is 32.9 Å². The monoisotopic (exact) mass is 236 g/mol. The van der Waals surface area contributed by atoms with E-state index in [-0.39, 0.29) is 5.41 Å². The maximum absolute atomic E-state index is 10.3. The lowest BCUT2D eigenvalue weighted by Gasteiger charge is -2.47. The Kier molecular flexibility index (Phi) is 2.32. The summed E-state index contributed by atoms with van der Waals surface area (Å²) in [7, 11) is 0. The van der Waals surface area contributed by atoms with Crippen LogP contribution in [0, 0.1) is 35.0 Å².